The molecule has 0 bridgehead atoms. The second-order valence-electron chi connectivity index (χ2n) is 5.54. The van der Waals surface area contributed by atoms with Crippen LogP contribution in [-0.4, -0.2) is 15.7 Å². The molecule has 3 aromatic rings. The first-order chi connectivity index (χ1) is 12.5. The molecule has 0 radical (unpaired) electrons. The molecule has 1 aromatic heterocycles. The first-order valence-electron chi connectivity index (χ1n) is 7.99. The summed E-state index contributed by atoms with van der Waals surface area (Å²) in [5.41, 5.74) is -1.24. The standard InChI is InChI=1S/C19H16F2N2O3/c1-2-26-17-6-4-3-5-16(17)23-10-9-22(18(24)19(23)25)12-13-11-14(20)7-8-15(13)21/h3-11H,2,12H2,1H3. The Kier molecular flexibility index (Phi) is 4.97. The Hall–Kier alpha value is -3.22. The van der Waals surface area contributed by atoms with Crippen molar-refractivity contribution in [3.63, 3.8) is 0 Å². The highest BCUT2D eigenvalue weighted by Crippen LogP contribution is 2.20. The summed E-state index contributed by atoms with van der Waals surface area (Å²) < 4.78 is 34.8. The van der Waals surface area contributed by atoms with Gasteiger partial charge in [0.2, 0.25) is 0 Å². The molecule has 0 atom stereocenters. The maximum Gasteiger partial charge on any atom is 0.321 e. The molecule has 5 nitrogen and oxygen atoms in total. The topological polar surface area (TPSA) is 53.2 Å². The number of rotatable bonds is 5. The minimum absolute atomic E-state index is 0.0148. The Labute approximate surface area is 147 Å². The van der Waals surface area contributed by atoms with Gasteiger partial charge in [0.25, 0.3) is 0 Å². The summed E-state index contributed by atoms with van der Waals surface area (Å²) in [4.78, 5) is 24.9. The average Bonchev–Trinajstić information content (AvgIpc) is 2.63. The van der Waals surface area contributed by atoms with Gasteiger partial charge in [-0.25, -0.2) is 8.78 Å². The molecular formula is C19H16F2N2O3. The highest BCUT2D eigenvalue weighted by molar-refractivity contribution is 5.46. The van der Waals surface area contributed by atoms with Gasteiger partial charge < -0.3 is 9.30 Å². The number of aromatic nitrogens is 2. The third kappa shape index (κ3) is 3.42. The molecule has 0 aliphatic heterocycles. The van der Waals surface area contributed by atoms with Crippen LogP contribution >= 0.6 is 0 Å². The SMILES string of the molecule is CCOc1ccccc1-n1ccn(Cc2cc(F)ccc2F)c(=O)c1=O. The van der Waals surface area contributed by atoms with Crippen molar-refractivity contribution in [2.75, 3.05) is 6.61 Å². The summed E-state index contributed by atoms with van der Waals surface area (Å²) in [5, 5.41) is 0. The smallest absolute Gasteiger partial charge is 0.321 e. The fourth-order valence-electron chi connectivity index (χ4n) is 2.60. The number of halogens is 2. The van der Waals surface area contributed by atoms with Gasteiger partial charge in [-0.1, -0.05) is 12.1 Å². The molecule has 1 heterocycles. The summed E-state index contributed by atoms with van der Waals surface area (Å²) in [7, 11) is 0. The molecule has 0 spiro atoms. The van der Waals surface area contributed by atoms with E-state index in [1.807, 2.05) is 6.92 Å². The van der Waals surface area contributed by atoms with Crippen LogP contribution in [0.2, 0.25) is 0 Å². The maximum absolute atomic E-state index is 13.8. The third-order valence-corrected chi connectivity index (χ3v) is 3.83. The molecule has 3 rings (SSSR count). The lowest BCUT2D eigenvalue weighted by molar-refractivity contribution is 0.339. The predicted molar refractivity (Wildman–Crippen MR) is 92.9 cm³/mol. The normalized spacial score (nSPS) is 10.7. The molecule has 0 fully saturated rings. The zero-order valence-corrected chi connectivity index (χ0v) is 14.0. The van der Waals surface area contributed by atoms with E-state index in [0.29, 0.717) is 18.0 Å². The number of benzene rings is 2. The van der Waals surface area contributed by atoms with Gasteiger partial charge in [0.15, 0.2) is 0 Å². The summed E-state index contributed by atoms with van der Waals surface area (Å²) in [6.07, 6.45) is 2.76. The van der Waals surface area contributed by atoms with Gasteiger partial charge >= 0.3 is 11.1 Å². The largest absolute Gasteiger partial charge is 0.492 e. The second-order valence-corrected chi connectivity index (χ2v) is 5.54. The predicted octanol–water partition coefficient (Wildman–Crippen LogP) is 2.72. The highest BCUT2D eigenvalue weighted by atomic mass is 19.1. The lowest BCUT2D eigenvalue weighted by Crippen LogP contribution is -2.40. The molecule has 0 saturated heterocycles. The molecule has 0 aliphatic rings. The van der Waals surface area contributed by atoms with E-state index in [-0.39, 0.29) is 12.1 Å². The van der Waals surface area contributed by atoms with E-state index in [0.717, 1.165) is 22.8 Å². The van der Waals surface area contributed by atoms with Crippen LogP contribution in [0.5, 0.6) is 5.75 Å². The molecular weight excluding hydrogens is 342 g/mol. The average molecular weight is 358 g/mol. The lowest BCUT2D eigenvalue weighted by Gasteiger charge is -2.13. The molecule has 7 heteroatoms. The second kappa shape index (κ2) is 7.35. The number of hydrogen-bond acceptors (Lipinski definition) is 3. The Morgan fingerprint density at radius 3 is 2.54 bits per heavy atom. The molecule has 2 aromatic carbocycles. The minimum atomic E-state index is -0.845. The molecule has 0 aliphatic carbocycles. The Bertz CT molecular complexity index is 1060. The van der Waals surface area contributed by atoms with Gasteiger partial charge in [-0.05, 0) is 37.3 Å². The number of nitrogens with zero attached hydrogens (tertiary/aromatic N) is 2. The Morgan fingerprint density at radius 2 is 1.77 bits per heavy atom. The van der Waals surface area contributed by atoms with Crippen molar-refractivity contribution in [2.24, 2.45) is 0 Å². The molecule has 0 N–H and O–H groups in total. The molecule has 0 unspecified atom stereocenters. The Morgan fingerprint density at radius 1 is 1.00 bits per heavy atom. The van der Waals surface area contributed by atoms with Gasteiger partial charge in [-0.3, -0.25) is 14.2 Å². The van der Waals surface area contributed by atoms with Crippen LogP contribution in [-0.2, 0) is 6.54 Å². The lowest BCUT2D eigenvalue weighted by atomic mass is 10.2. The maximum atomic E-state index is 13.8. The molecule has 0 saturated carbocycles. The van der Waals surface area contributed by atoms with Crippen LogP contribution in [0.15, 0.2) is 64.4 Å². The van der Waals surface area contributed by atoms with Crippen molar-refractivity contribution < 1.29 is 13.5 Å². The highest BCUT2D eigenvalue weighted by Gasteiger charge is 2.12. The molecule has 134 valence electrons. The van der Waals surface area contributed by atoms with Crippen molar-refractivity contribution in [2.45, 2.75) is 13.5 Å². The zero-order chi connectivity index (χ0) is 18.7. The van der Waals surface area contributed by atoms with E-state index in [1.54, 1.807) is 24.3 Å². The third-order valence-electron chi connectivity index (χ3n) is 3.83. The van der Waals surface area contributed by atoms with Crippen LogP contribution in [0.4, 0.5) is 8.78 Å². The summed E-state index contributed by atoms with van der Waals surface area (Å²) >= 11 is 0. The van der Waals surface area contributed by atoms with Crippen molar-refractivity contribution in [1.82, 2.24) is 9.13 Å². The fraction of sp³-hybridized carbons (Fsp3) is 0.158. The van der Waals surface area contributed by atoms with Gasteiger partial charge in [0, 0.05) is 18.0 Å². The van der Waals surface area contributed by atoms with E-state index >= 15 is 0 Å². The summed E-state index contributed by atoms with van der Waals surface area (Å²) in [6, 6.07) is 9.80. The van der Waals surface area contributed by atoms with Crippen LogP contribution in [0.25, 0.3) is 5.69 Å². The van der Waals surface area contributed by atoms with E-state index in [4.69, 9.17) is 4.74 Å². The van der Waals surface area contributed by atoms with Crippen molar-refractivity contribution in [3.05, 3.63) is 92.8 Å². The molecule has 26 heavy (non-hydrogen) atoms. The van der Waals surface area contributed by atoms with Gasteiger partial charge in [-0.2, -0.15) is 0 Å². The minimum Gasteiger partial charge on any atom is -0.492 e. The van der Waals surface area contributed by atoms with E-state index in [2.05, 4.69) is 0 Å². The van der Waals surface area contributed by atoms with Crippen molar-refractivity contribution in [3.8, 4) is 11.4 Å². The van der Waals surface area contributed by atoms with Gasteiger partial charge in [0.05, 0.1) is 18.8 Å². The molecule has 0 amide bonds. The number of para-hydroxylation sites is 2. The number of hydrogen-bond donors (Lipinski definition) is 0. The van der Waals surface area contributed by atoms with Crippen LogP contribution in [0.3, 0.4) is 0 Å². The van der Waals surface area contributed by atoms with Crippen LogP contribution in [0, 0.1) is 11.6 Å². The van der Waals surface area contributed by atoms with Crippen molar-refractivity contribution in [1.29, 1.82) is 0 Å². The van der Waals surface area contributed by atoms with Crippen molar-refractivity contribution >= 4 is 0 Å². The van der Waals surface area contributed by atoms with Gasteiger partial charge in [0.1, 0.15) is 17.4 Å². The Balaban J connectivity index is 2.04. The van der Waals surface area contributed by atoms with Crippen LogP contribution < -0.4 is 15.9 Å². The van der Waals surface area contributed by atoms with Crippen LogP contribution in [0.1, 0.15) is 12.5 Å². The van der Waals surface area contributed by atoms with E-state index in [9.17, 15) is 18.4 Å². The first kappa shape index (κ1) is 17.6. The summed E-state index contributed by atoms with van der Waals surface area (Å²) in [5.74, 6) is -0.803. The monoisotopic (exact) mass is 358 g/mol. The van der Waals surface area contributed by atoms with Gasteiger partial charge in [-0.15, -0.1) is 0 Å². The fourth-order valence-corrected chi connectivity index (χ4v) is 2.60. The van der Waals surface area contributed by atoms with E-state index < -0.39 is 22.8 Å². The quantitative estimate of drug-likeness (QED) is 0.659. The van der Waals surface area contributed by atoms with E-state index in [1.165, 1.54) is 17.0 Å². The first-order valence-corrected chi connectivity index (χ1v) is 7.99. The zero-order valence-electron chi connectivity index (χ0n) is 14.0. The number of ether oxygens (including phenoxy) is 1. The summed E-state index contributed by atoms with van der Waals surface area (Å²) in [6.45, 7) is 1.97.